The van der Waals surface area contributed by atoms with E-state index >= 15 is 0 Å². The Labute approximate surface area is 124 Å². The van der Waals surface area contributed by atoms with Gasteiger partial charge in [0.1, 0.15) is 0 Å². The molecule has 0 bridgehead atoms. The third-order valence-electron chi connectivity index (χ3n) is 2.55. The smallest absolute Gasteiger partial charge is 0.291 e. The minimum Gasteiger partial charge on any atom is -0.444 e. The second-order valence-electron chi connectivity index (χ2n) is 3.96. The number of hydrogen-bond acceptors (Lipinski definition) is 3. The van der Waals surface area contributed by atoms with E-state index in [9.17, 15) is 9.59 Å². The molecule has 1 heterocycles. The lowest BCUT2D eigenvalue weighted by atomic mass is 10.1. The number of carbonyl (C=O) groups is 2. The lowest BCUT2D eigenvalue weighted by Gasteiger charge is -2.09. The van der Waals surface area contributed by atoms with Crippen molar-refractivity contribution in [3.63, 3.8) is 0 Å². The number of rotatable bonds is 4. The molecule has 1 aromatic carbocycles. The summed E-state index contributed by atoms with van der Waals surface area (Å²) in [4.78, 5) is 23.9. The molecule has 0 aliphatic carbocycles. The lowest BCUT2D eigenvalue weighted by molar-refractivity contribution is 0.0956. The molecule has 1 aromatic heterocycles. The number of amides is 2. The molecule has 0 saturated carbocycles. The molecule has 0 unspecified atom stereocenters. The van der Waals surface area contributed by atoms with E-state index in [1.807, 2.05) is 6.92 Å². The summed E-state index contributed by atoms with van der Waals surface area (Å²) in [7, 11) is 0. The van der Waals surface area contributed by atoms with Gasteiger partial charge in [-0.2, -0.15) is 0 Å². The zero-order chi connectivity index (χ0) is 14.5. The summed E-state index contributed by atoms with van der Waals surface area (Å²) >= 11 is 3.13. The first-order valence-corrected chi connectivity index (χ1v) is 6.85. The van der Waals surface area contributed by atoms with Gasteiger partial charge in [0.15, 0.2) is 10.4 Å². The van der Waals surface area contributed by atoms with Crippen molar-refractivity contribution in [1.29, 1.82) is 0 Å². The molecule has 0 aliphatic heterocycles. The fraction of sp³-hybridized carbons (Fsp3) is 0.143. The van der Waals surface area contributed by atoms with E-state index in [1.54, 1.807) is 36.4 Å². The maximum absolute atomic E-state index is 12.0. The molecule has 2 N–H and O–H groups in total. The highest BCUT2D eigenvalue weighted by Crippen LogP contribution is 2.18. The van der Waals surface area contributed by atoms with E-state index in [1.165, 1.54) is 0 Å². The van der Waals surface area contributed by atoms with Crippen molar-refractivity contribution in [2.24, 2.45) is 0 Å². The van der Waals surface area contributed by atoms with Crippen LogP contribution in [-0.2, 0) is 0 Å². The monoisotopic (exact) mass is 336 g/mol. The SMILES string of the molecule is CCNC(=O)c1ccccc1NC(=O)c1ccc(Br)o1. The molecule has 20 heavy (non-hydrogen) atoms. The Balaban J connectivity index is 2.21. The van der Waals surface area contributed by atoms with Gasteiger partial charge in [0.2, 0.25) is 0 Å². The van der Waals surface area contributed by atoms with Crippen LogP contribution in [0.15, 0.2) is 45.5 Å². The highest BCUT2D eigenvalue weighted by atomic mass is 79.9. The van der Waals surface area contributed by atoms with Crippen molar-refractivity contribution < 1.29 is 14.0 Å². The molecular weight excluding hydrogens is 324 g/mol. The van der Waals surface area contributed by atoms with Gasteiger partial charge in [-0.1, -0.05) is 12.1 Å². The molecule has 6 heteroatoms. The highest BCUT2D eigenvalue weighted by molar-refractivity contribution is 9.10. The van der Waals surface area contributed by atoms with Gasteiger partial charge in [-0.05, 0) is 47.1 Å². The van der Waals surface area contributed by atoms with Gasteiger partial charge in [-0.15, -0.1) is 0 Å². The average Bonchev–Trinajstić information content (AvgIpc) is 2.86. The van der Waals surface area contributed by atoms with E-state index in [2.05, 4.69) is 26.6 Å². The zero-order valence-electron chi connectivity index (χ0n) is 10.8. The summed E-state index contributed by atoms with van der Waals surface area (Å²) in [6, 6.07) is 9.98. The van der Waals surface area contributed by atoms with Crippen molar-refractivity contribution in [3.8, 4) is 0 Å². The second-order valence-corrected chi connectivity index (χ2v) is 4.74. The summed E-state index contributed by atoms with van der Waals surface area (Å²) in [6.07, 6.45) is 0. The Bertz CT molecular complexity index is 637. The van der Waals surface area contributed by atoms with Crippen LogP contribution in [0, 0.1) is 0 Å². The summed E-state index contributed by atoms with van der Waals surface area (Å²) in [5.74, 6) is -0.473. The first kappa shape index (κ1) is 14.3. The summed E-state index contributed by atoms with van der Waals surface area (Å²) < 4.78 is 5.64. The number of anilines is 1. The van der Waals surface area contributed by atoms with Gasteiger partial charge < -0.3 is 15.1 Å². The molecule has 0 fully saturated rings. The molecule has 0 aliphatic rings. The van der Waals surface area contributed by atoms with Gasteiger partial charge in [0, 0.05) is 6.54 Å². The third kappa shape index (κ3) is 3.27. The fourth-order valence-electron chi connectivity index (χ4n) is 1.67. The molecule has 0 spiro atoms. The standard InChI is InChI=1S/C14H13BrN2O3/c1-2-16-13(18)9-5-3-4-6-10(9)17-14(19)11-7-8-12(15)20-11/h3-8H,2H2,1H3,(H,16,18)(H,17,19). The van der Waals surface area contributed by atoms with Gasteiger partial charge in [-0.25, -0.2) is 0 Å². The largest absolute Gasteiger partial charge is 0.444 e. The van der Waals surface area contributed by atoms with E-state index in [0.717, 1.165) is 0 Å². The minimum absolute atomic E-state index is 0.169. The van der Waals surface area contributed by atoms with Gasteiger partial charge in [-0.3, -0.25) is 9.59 Å². The third-order valence-corrected chi connectivity index (χ3v) is 2.98. The predicted molar refractivity (Wildman–Crippen MR) is 78.8 cm³/mol. The molecule has 2 aromatic rings. The van der Waals surface area contributed by atoms with Gasteiger partial charge in [0.25, 0.3) is 11.8 Å². The maximum atomic E-state index is 12.0. The second kappa shape index (κ2) is 6.38. The first-order valence-electron chi connectivity index (χ1n) is 6.05. The predicted octanol–water partition coefficient (Wildman–Crippen LogP) is 3.04. The first-order chi connectivity index (χ1) is 9.61. The molecule has 104 valence electrons. The van der Waals surface area contributed by atoms with E-state index < -0.39 is 5.91 Å². The maximum Gasteiger partial charge on any atom is 0.291 e. The van der Waals surface area contributed by atoms with Crippen LogP contribution in [0.2, 0.25) is 0 Å². The molecule has 2 rings (SSSR count). The number of carbonyl (C=O) groups excluding carboxylic acids is 2. The number of benzene rings is 1. The van der Waals surface area contributed by atoms with Crippen LogP contribution in [0.25, 0.3) is 0 Å². The van der Waals surface area contributed by atoms with Crippen LogP contribution >= 0.6 is 15.9 Å². The molecule has 0 radical (unpaired) electrons. The Hall–Kier alpha value is -2.08. The molecule has 5 nitrogen and oxygen atoms in total. The van der Waals surface area contributed by atoms with Crippen LogP contribution in [0.5, 0.6) is 0 Å². The van der Waals surface area contributed by atoms with Crippen LogP contribution in [0.3, 0.4) is 0 Å². The minimum atomic E-state index is -0.410. The normalized spacial score (nSPS) is 10.1. The van der Waals surface area contributed by atoms with E-state index in [4.69, 9.17) is 4.42 Å². The molecule has 2 amide bonds. The number of furan rings is 1. The van der Waals surface area contributed by atoms with Crippen molar-refractivity contribution in [1.82, 2.24) is 5.32 Å². The molecule has 0 saturated heterocycles. The number of halogens is 1. The summed E-state index contributed by atoms with van der Waals surface area (Å²) in [5, 5.41) is 5.36. The lowest BCUT2D eigenvalue weighted by Crippen LogP contribution is -2.24. The van der Waals surface area contributed by atoms with E-state index in [-0.39, 0.29) is 11.7 Å². The van der Waals surface area contributed by atoms with Crippen molar-refractivity contribution in [2.45, 2.75) is 6.92 Å². The molecular formula is C14H13BrN2O3. The Kier molecular flexibility index (Phi) is 4.57. The van der Waals surface area contributed by atoms with Crippen LogP contribution in [-0.4, -0.2) is 18.4 Å². The van der Waals surface area contributed by atoms with Crippen molar-refractivity contribution >= 4 is 33.4 Å². The summed E-state index contributed by atoms with van der Waals surface area (Å²) in [6.45, 7) is 2.35. The Morgan fingerprint density at radius 1 is 1.15 bits per heavy atom. The van der Waals surface area contributed by atoms with Gasteiger partial charge >= 0.3 is 0 Å². The summed E-state index contributed by atoms with van der Waals surface area (Å²) in [5.41, 5.74) is 0.851. The van der Waals surface area contributed by atoms with E-state index in [0.29, 0.717) is 22.5 Å². The van der Waals surface area contributed by atoms with Crippen LogP contribution < -0.4 is 10.6 Å². The van der Waals surface area contributed by atoms with Gasteiger partial charge in [0.05, 0.1) is 11.3 Å². The Morgan fingerprint density at radius 3 is 2.55 bits per heavy atom. The number of hydrogen-bond donors (Lipinski definition) is 2. The van der Waals surface area contributed by atoms with Crippen LogP contribution in [0.1, 0.15) is 27.8 Å². The number of nitrogens with one attached hydrogen (secondary N) is 2. The topological polar surface area (TPSA) is 71.3 Å². The van der Waals surface area contributed by atoms with Crippen molar-refractivity contribution in [3.05, 3.63) is 52.4 Å². The quantitative estimate of drug-likeness (QED) is 0.901. The number of para-hydroxylation sites is 1. The zero-order valence-corrected chi connectivity index (χ0v) is 12.4. The van der Waals surface area contributed by atoms with Crippen LogP contribution in [0.4, 0.5) is 5.69 Å². The average molecular weight is 337 g/mol. The highest BCUT2D eigenvalue weighted by Gasteiger charge is 2.15. The van der Waals surface area contributed by atoms with Crippen molar-refractivity contribution in [2.75, 3.05) is 11.9 Å². The fourth-order valence-corrected chi connectivity index (χ4v) is 1.97. The molecule has 0 atom stereocenters. The Morgan fingerprint density at radius 2 is 1.90 bits per heavy atom.